The van der Waals surface area contributed by atoms with Crippen LogP contribution in [0.3, 0.4) is 0 Å². The first kappa shape index (κ1) is 22.3. The number of carbonyl (C=O) groups is 2. The standard InChI is InChI=1S/C26H33N3O3/c30-25(28-13-7-2-8-14-28)20-27-15-17-29(18-16-27)26(31)21-32-24-12-6-5-11-23(24)19-22-9-3-1-4-10-22/h1,3-6,9-12H,2,7-8,13-21H2. The van der Waals surface area contributed by atoms with Crippen LogP contribution in [0, 0.1) is 0 Å². The van der Waals surface area contributed by atoms with Gasteiger partial charge in [0.15, 0.2) is 6.61 Å². The molecule has 0 bridgehead atoms. The van der Waals surface area contributed by atoms with Crippen molar-refractivity contribution in [2.45, 2.75) is 25.7 Å². The summed E-state index contributed by atoms with van der Waals surface area (Å²) in [5.41, 5.74) is 2.29. The van der Waals surface area contributed by atoms with Crippen molar-refractivity contribution < 1.29 is 14.3 Å². The Morgan fingerprint density at radius 1 is 0.719 bits per heavy atom. The highest BCUT2D eigenvalue weighted by molar-refractivity contribution is 5.79. The van der Waals surface area contributed by atoms with Gasteiger partial charge in [0.2, 0.25) is 5.91 Å². The van der Waals surface area contributed by atoms with Crippen LogP contribution in [-0.4, -0.2) is 78.9 Å². The first-order valence-corrected chi connectivity index (χ1v) is 11.7. The molecule has 2 aromatic carbocycles. The van der Waals surface area contributed by atoms with E-state index in [2.05, 4.69) is 17.0 Å². The van der Waals surface area contributed by atoms with Crippen LogP contribution in [0.25, 0.3) is 0 Å². The topological polar surface area (TPSA) is 53.1 Å². The molecule has 2 fully saturated rings. The second-order valence-corrected chi connectivity index (χ2v) is 8.66. The van der Waals surface area contributed by atoms with E-state index in [1.54, 1.807) is 0 Å². The SMILES string of the molecule is O=C(COc1ccccc1Cc1ccccc1)N1CCN(CC(=O)N2CCCCC2)CC1. The van der Waals surface area contributed by atoms with Gasteiger partial charge in [0.1, 0.15) is 5.75 Å². The van der Waals surface area contributed by atoms with Crippen LogP contribution in [0.5, 0.6) is 5.75 Å². The molecule has 6 nitrogen and oxygen atoms in total. The Labute approximate surface area is 190 Å². The predicted octanol–water partition coefficient (Wildman–Crippen LogP) is 2.81. The van der Waals surface area contributed by atoms with Crippen LogP contribution in [-0.2, 0) is 16.0 Å². The second-order valence-electron chi connectivity index (χ2n) is 8.66. The minimum absolute atomic E-state index is 0.00141. The van der Waals surface area contributed by atoms with Gasteiger partial charge in [-0.3, -0.25) is 14.5 Å². The molecule has 2 aliphatic heterocycles. The van der Waals surface area contributed by atoms with E-state index < -0.39 is 0 Å². The van der Waals surface area contributed by atoms with Crippen molar-refractivity contribution >= 4 is 11.8 Å². The Bertz CT molecular complexity index is 888. The average molecular weight is 436 g/mol. The Morgan fingerprint density at radius 3 is 2.12 bits per heavy atom. The summed E-state index contributed by atoms with van der Waals surface area (Å²) < 4.78 is 5.93. The van der Waals surface area contributed by atoms with Crippen LogP contribution in [0.1, 0.15) is 30.4 Å². The number of piperazine rings is 1. The lowest BCUT2D eigenvalue weighted by molar-refractivity contribution is -0.136. The van der Waals surface area contributed by atoms with Gasteiger partial charge in [0, 0.05) is 45.7 Å². The fraction of sp³-hybridized carbons (Fsp3) is 0.462. The Morgan fingerprint density at radius 2 is 1.38 bits per heavy atom. The van der Waals surface area contributed by atoms with Crippen molar-refractivity contribution in [1.29, 1.82) is 0 Å². The summed E-state index contributed by atoms with van der Waals surface area (Å²) in [5, 5.41) is 0. The Kier molecular flexibility index (Phi) is 7.77. The maximum Gasteiger partial charge on any atom is 0.260 e. The fourth-order valence-corrected chi connectivity index (χ4v) is 4.43. The molecule has 0 aliphatic carbocycles. The molecule has 2 amide bonds. The van der Waals surface area contributed by atoms with Gasteiger partial charge in [-0.2, -0.15) is 0 Å². The van der Waals surface area contributed by atoms with Crippen LogP contribution in [0.2, 0.25) is 0 Å². The monoisotopic (exact) mass is 435 g/mol. The summed E-state index contributed by atoms with van der Waals surface area (Å²) >= 11 is 0. The normalized spacial score (nSPS) is 17.2. The Balaban J connectivity index is 1.23. The van der Waals surface area contributed by atoms with Crippen molar-refractivity contribution in [1.82, 2.24) is 14.7 Å². The zero-order valence-electron chi connectivity index (χ0n) is 18.7. The van der Waals surface area contributed by atoms with Gasteiger partial charge in [-0.25, -0.2) is 0 Å². The van der Waals surface area contributed by atoms with E-state index in [-0.39, 0.29) is 18.4 Å². The molecule has 2 saturated heterocycles. The number of likely N-dealkylation sites (tertiary alicyclic amines) is 1. The molecule has 0 radical (unpaired) electrons. The number of hydrogen-bond acceptors (Lipinski definition) is 4. The van der Waals surface area contributed by atoms with E-state index in [1.165, 1.54) is 12.0 Å². The fourth-order valence-electron chi connectivity index (χ4n) is 4.43. The maximum absolute atomic E-state index is 12.7. The lowest BCUT2D eigenvalue weighted by Crippen LogP contribution is -2.52. The first-order valence-electron chi connectivity index (χ1n) is 11.7. The number of rotatable bonds is 7. The molecule has 0 aromatic heterocycles. The molecule has 0 saturated carbocycles. The number of para-hydroxylation sites is 1. The van der Waals surface area contributed by atoms with Crippen LogP contribution >= 0.6 is 0 Å². The maximum atomic E-state index is 12.7. The van der Waals surface area contributed by atoms with Gasteiger partial charge in [-0.1, -0.05) is 48.5 Å². The third kappa shape index (κ3) is 6.10. The highest BCUT2D eigenvalue weighted by Gasteiger charge is 2.25. The van der Waals surface area contributed by atoms with E-state index in [0.717, 1.165) is 56.8 Å². The molecule has 0 atom stereocenters. The van der Waals surface area contributed by atoms with Gasteiger partial charge in [-0.05, 0) is 36.5 Å². The third-order valence-electron chi connectivity index (χ3n) is 6.35. The van der Waals surface area contributed by atoms with E-state index in [4.69, 9.17) is 4.74 Å². The lowest BCUT2D eigenvalue weighted by atomic mass is 10.0. The molecule has 4 rings (SSSR count). The molecule has 0 spiro atoms. The smallest absolute Gasteiger partial charge is 0.260 e. The molecular weight excluding hydrogens is 402 g/mol. The van der Waals surface area contributed by atoms with Gasteiger partial charge in [0.25, 0.3) is 5.91 Å². The van der Waals surface area contributed by atoms with E-state index in [1.807, 2.05) is 52.3 Å². The van der Waals surface area contributed by atoms with Crippen molar-refractivity contribution in [3.05, 3.63) is 65.7 Å². The summed E-state index contributed by atoms with van der Waals surface area (Å²) in [6.07, 6.45) is 4.23. The molecule has 2 heterocycles. The minimum atomic E-state index is 0.00141. The van der Waals surface area contributed by atoms with Crippen LogP contribution in [0.4, 0.5) is 0 Å². The van der Waals surface area contributed by atoms with Crippen LogP contribution in [0.15, 0.2) is 54.6 Å². The van der Waals surface area contributed by atoms with E-state index >= 15 is 0 Å². The molecule has 0 N–H and O–H groups in total. The van der Waals surface area contributed by atoms with E-state index in [9.17, 15) is 9.59 Å². The number of piperidine rings is 1. The number of carbonyl (C=O) groups excluding carboxylic acids is 2. The van der Waals surface area contributed by atoms with Crippen molar-refractivity contribution in [2.75, 3.05) is 52.4 Å². The summed E-state index contributed by atoms with van der Waals surface area (Å²) in [6, 6.07) is 18.2. The van der Waals surface area contributed by atoms with Gasteiger partial charge >= 0.3 is 0 Å². The summed E-state index contributed by atoms with van der Waals surface area (Å²) in [7, 11) is 0. The van der Waals surface area contributed by atoms with Crippen molar-refractivity contribution in [3.63, 3.8) is 0 Å². The zero-order chi connectivity index (χ0) is 22.2. The summed E-state index contributed by atoms with van der Waals surface area (Å²) in [4.78, 5) is 31.2. The van der Waals surface area contributed by atoms with Crippen molar-refractivity contribution in [3.8, 4) is 5.75 Å². The minimum Gasteiger partial charge on any atom is -0.483 e. The predicted molar refractivity (Wildman–Crippen MR) is 125 cm³/mol. The molecule has 2 aromatic rings. The average Bonchev–Trinajstić information content (AvgIpc) is 2.85. The molecule has 0 unspecified atom stereocenters. The zero-order valence-corrected chi connectivity index (χ0v) is 18.7. The highest BCUT2D eigenvalue weighted by atomic mass is 16.5. The lowest BCUT2D eigenvalue weighted by Gasteiger charge is -2.36. The third-order valence-corrected chi connectivity index (χ3v) is 6.35. The van der Waals surface area contributed by atoms with Gasteiger partial charge in [0.05, 0.1) is 6.54 Å². The van der Waals surface area contributed by atoms with Crippen molar-refractivity contribution in [2.24, 2.45) is 0 Å². The Hall–Kier alpha value is -2.86. The van der Waals surface area contributed by atoms with E-state index in [0.29, 0.717) is 19.6 Å². The number of amides is 2. The molecular formula is C26H33N3O3. The van der Waals surface area contributed by atoms with Crippen LogP contribution < -0.4 is 4.74 Å². The number of ether oxygens (including phenoxy) is 1. The summed E-state index contributed by atoms with van der Waals surface area (Å²) in [5.74, 6) is 0.986. The molecule has 170 valence electrons. The molecule has 6 heteroatoms. The van der Waals surface area contributed by atoms with Gasteiger partial charge < -0.3 is 14.5 Å². The highest BCUT2D eigenvalue weighted by Crippen LogP contribution is 2.21. The largest absolute Gasteiger partial charge is 0.483 e. The number of nitrogens with zero attached hydrogens (tertiary/aromatic N) is 3. The first-order chi connectivity index (χ1) is 15.7. The molecule has 32 heavy (non-hydrogen) atoms. The second kappa shape index (κ2) is 11.1. The summed E-state index contributed by atoms with van der Waals surface area (Å²) in [6.45, 7) is 5.03. The van der Waals surface area contributed by atoms with Gasteiger partial charge in [-0.15, -0.1) is 0 Å². The number of benzene rings is 2. The molecule has 2 aliphatic rings. The number of hydrogen-bond donors (Lipinski definition) is 0. The quantitative estimate of drug-likeness (QED) is 0.671.